The fourth-order valence-corrected chi connectivity index (χ4v) is 8.50. The number of allylic oxidation sites excluding steroid dienone is 4. The monoisotopic (exact) mass is 703 g/mol. The summed E-state index contributed by atoms with van der Waals surface area (Å²) in [5, 5.41) is 0. The van der Waals surface area contributed by atoms with E-state index < -0.39 is 0 Å². The Morgan fingerprint density at radius 1 is 0.415 bits per heavy atom. The smallest absolute Gasteiger partial charge is 0.252 e. The summed E-state index contributed by atoms with van der Waals surface area (Å²) in [5.74, 6) is 0. The number of rotatable bonds is 2. The molecule has 0 bridgehead atoms. The van der Waals surface area contributed by atoms with Gasteiger partial charge >= 0.3 is 0 Å². The first-order valence-corrected chi connectivity index (χ1v) is 20.0. The van der Waals surface area contributed by atoms with E-state index in [1.54, 1.807) is 0 Å². The zero-order chi connectivity index (χ0) is 38.6. The van der Waals surface area contributed by atoms with Crippen LogP contribution in [-0.2, 0) is 21.7 Å². The van der Waals surface area contributed by atoms with Gasteiger partial charge in [0.15, 0.2) is 0 Å². The van der Waals surface area contributed by atoms with Crippen LogP contribution in [-0.4, -0.2) is 6.71 Å². The van der Waals surface area contributed by atoms with Gasteiger partial charge in [-0.2, -0.15) is 0 Å². The highest BCUT2D eigenvalue weighted by Gasteiger charge is 2.45. The van der Waals surface area contributed by atoms with Crippen LogP contribution in [0.5, 0.6) is 0 Å². The molecule has 7 rings (SSSR count). The molecule has 2 aliphatic heterocycles. The third-order valence-electron chi connectivity index (χ3n) is 12.0. The molecule has 0 saturated heterocycles. The van der Waals surface area contributed by atoms with Gasteiger partial charge in [-0.3, -0.25) is 0 Å². The minimum Gasteiger partial charge on any atom is -0.315 e. The van der Waals surface area contributed by atoms with Gasteiger partial charge in [0.1, 0.15) is 0 Å². The molecule has 276 valence electrons. The third kappa shape index (κ3) is 6.61. The molecular weight excluding hydrogens is 639 g/mol. The van der Waals surface area contributed by atoms with Crippen LogP contribution in [0.1, 0.15) is 139 Å². The highest BCUT2D eigenvalue weighted by Crippen LogP contribution is 2.47. The molecule has 0 atom stereocenters. The van der Waals surface area contributed by atoms with Gasteiger partial charge in [0.25, 0.3) is 6.71 Å². The van der Waals surface area contributed by atoms with Crippen molar-refractivity contribution in [3.05, 3.63) is 118 Å². The number of hydrogen-bond donors (Lipinski definition) is 0. The van der Waals surface area contributed by atoms with E-state index in [0.29, 0.717) is 0 Å². The Balaban J connectivity index is 1.60. The molecule has 0 saturated carbocycles. The third-order valence-corrected chi connectivity index (χ3v) is 12.0. The van der Waals surface area contributed by atoms with Crippen molar-refractivity contribution >= 4 is 51.5 Å². The van der Waals surface area contributed by atoms with Gasteiger partial charge in [-0.25, -0.2) is 0 Å². The molecule has 0 amide bonds. The summed E-state index contributed by atoms with van der Waals surface area (Å²) in [7, 11) is 0. The Morgan fingerprint density at radius 2 is 0.925 bits per heavy atom. The minimum absolute atomic E-state index is 0.0248. The van der Waals surface area contributed by atoms with Gasteiger partial charge in [0.2, 0.25) is 0 Å². The fraction of sp³-hybridized carbons (Fsp3) is 0.440. The van der Waals surface area contributed by atoms with Crippen LogP contribution in [0.4, 0.5) is 28.4 Å². The van der Waals surface area contributed by atoms with Gasteiger partial charge in [0.05, 0.1) is 0 Å². The topological polar surface area (TPSA) is 6.48 Å². The number of nitrogens with zero attached hydrogens (tertiary/aromatic N) is 2. The van der Waals surface area contributed by atoms with E-state index in [9.17, 15) is 0 Å². The van der Waals surface area contributed by atoms with Gasteiger partial charge < -0.3 is 9.80 Å². The Hall–Kier alpha value is -3.98. The first-order valence-electron chi connectivity index (χ1n) is 20.0. The fourth-order valence-electron chi connectivity index (χ4n) is 8.50. The second kappa shape index (κ2) is 12.3. The van der Waals surface area contributed by atoms with Crippen molar-refractivity contribution < 1.29 is 0 Å². The Bertz CT molecular complexity index is 2140. The van der Waals surface area contributed by atoms with Crippen LogP contribution in [0.2, 0.25) is 0 Å². The normalized spacial score (nSPS) is 16.2. The van der Waals surface area contributed by atoms with Crippen molar-refractivity contribution in [3.8, 4) is 0 Å². The van der Waals surface area contributed by atoms with Crippen molar-refractivity contribution in [1.29, 1.82) is 0 Å². The summed E-state index contributed by atoms with van der Waals surface area (Å²) in [5.41, 5.74) is 19.3. The lowest BCUT2D eigenvalue weighted by molar-refractivity contribution is 0.479. The van der Waals surface area contributed by atoms with Crippen molar-refractivity contribution in [2.45, 2.75) is 138 Å². The molecule has 0 spiro atoms. The van der Waals surface area contributed by atoms with Gasteiger partial charge in [-0.1, -0.05) is 152 Å². The minimum atomic E-state index is -0.0430. The van der Waals surface area contributed by atoms with Crippen LogP contribution in [0, 0.1) is 5.41 Å². The lowest BCUT2D eigenvalue weighted by Gasteiger charge is -2.46. The molecule has 0 unspecified atom stereocenters. The van der Waals surface area contributed by atoms with Crippen LogP contribution in [0.3, 0.4) is 0 Å². The molecule has 0 radical (unpaired) electrons. The molecule has 0 fully saturated rings. The Kier molecular flexibility index (Phi) is 8.65. The van der Waals surface area contributed by atoms with Crippen LogP contribution >= 0.6 is 0 Å². The molecular formula is C50H63BN2. The zero-order valence-electron chi connectivity index (χ0n) is 35.5. The van der Waals surface area contributed by atoms with Crippen molar-refractivity contribution in [1.82, 2.24) is 0 Å². The highest BCUT2D eigenvalue weighted by molar-refractivity contribution is 7.00. The predicted molar refractivity (Wildman–Crippen MR) is 234 cm³/mol. The molecule has 4 aromatic carbocycles. The second-order valence-electron chi connectivity index (χ2n) is 21.2. The number of hydrogen-bond acceptors (Lipinski definition) is 2. The summed E-state index contributed by atoms with van der Waals surface area (Å²) in [6.07, 6.45) is 6.96. The average molecular weight is 703 g/mol. The molecule has 0 N–H and O–H groups in total. The molecule has 3 aliphatic rings. The van der Waals surface area contributed by atoms with E-state index >= 15 is 0 Å². The maximum absolute atomic E-state index is 2.67. The summed E-state index contributed by atoms with van der Waals surface area (Å²) >= 11 is 0. The molecule has 4 aromatic rings. The van der Waals surface area contributed by atoms with Crippen LogP contribution < -0.4 is 26.2 Å². The van der Waals surface area contributed by atoms with E-state index in [2.05, 4.69) is 199 Å². The standard InChI is InChI=1S/C50H63BN2/c1-46(2,3)32-16-22-37(23-17-32)52-41-27-21-34(48(7,8)9)28-40(41)51-39-26-20-35(49(10,11)12)29-42(39)53(38-24-18-33(19-25-38)47(4,5)6)44-31-36(50(13,14)15)30-43(52)45(44)51/h16-18,20-24,26-31H,19,25H2,1-15H3. The van der Waals surface area contributed by atoms with Gasteiger partial charge in [0, 0.05) is 34.1 Å². The van der Waals surface area contributed by atoms with E-state index in [1.807, 2.05) is 0 Å². The maximum atomic E-state index is 2.67. The first kappa shape index (κ1) is 37.3. The highest BCUT2D eigenvalue weighted by atomic mass is 15.2. The summed E-state index contributed by atoms with van der Waals surface area (Å²) in [4.78, 5) is 5.25. The largest absolute Gasteiger partial charge is 0.315 e. The van der Waals surface area contributed by atoms with Crippen molar-refractivity contribution in [3.63, 3.8) is 0 Å². The summed E-state index contributed by atoms with van der Waals surface area (Å²) < 4.78 is 0. The van der Waals surface area contributed by atoms with E-state index in [1.165, 1.54) is 78.3 Å². The lowest BCUT2D eigenvalue weighted by Crippen LogP contribution is -2.62. The van der Waals surface area contributed by atoms with Gasteiger partial charge in [-0.05, 0) is 121 Å². The maximum Gasteiger partial charge on any atom is 0.252 e. The number of fused-ring (bicyclic) bond motifs is 4. The SMILES string of the molecule is CC(C)(C)C1=CC=C(N2c3cc(C(C)(C)C)ccc3B3c4cc(C(C)(C)C)ccc4N(c4ccc(C(C)(C)C)cc4)c4cc(C(C)(C)C)cc2c43)CC1. The van der Waals surface area contributed by atoms with Crippen LogP contribution in [0.15, 0.2) is 96.2 Å². The van der Waals surface area contributed by atoms with Crippen LogP contribution in [0.25, 0.3) is 0 Å². The Labute approximate surface area is 322 Å². The summed E-state index contributed by atoms with van der Waals surface area (Å²) in [6.45, 7) is 35.2. The van der Waals surface area contributed by atoms with Crippen molar-refractivity contribution in [2.75, 3.05) is 9.80 Å². The van der Waals surface area contributed by atoms with E-state index in [0.717, 1.165) is 12.8 Å². The number of benzene rings is 4. The number of anilines is 5. The average Bonchev–Trinajstić information content (AvgIpc) is 3.05. The molecule has 3 heteroatoms. The van der Waals surface area contributed by atoms with E-state index in [-0.39, 0.29) is 33.8 Å². The van der Waals surface area contributed by atoms with Crippen molar-refractivity contribution in [2.24, 2.45) is 5.41 Å². The van der Waals surface area contributed by atoms with Gasteiger partial charge in [-0.15, -0.1) is 0 Å². The molecule has 2 nitrogen and oxygen atoms in total. The zero-order valence-corrected chi connectivity index (χ0v) is 35.5. The first-order chi connectivity index (χ1) is 24.4. The molecule has 2 heterocycles. The molecule has 53 heavy (non-hydrogen) atoms. The Morgan fingerprint density at radius 3 is 1.45 bits per heavy atom. The van der Waals surface area contributed by atoms with E-state index in [4.69, 9.17) is 0 Å². The second-order valence-corrected chi connectivity index (χ2v) is 21.2. The lowest BCUT2D eigenvalue weighted by atomic mass is 9.33. The molecule has 1 aliphatic carbocycles. The molecule has 0 aromatic heterocycles. The predicted octanol–water partition coefficient (Wildman–Crippen LogP) is 12.3. The summed E-state index contributed by atoms with van der Waals surface area (Å²) in [6, 6.07) is 29.2. The quantitative estimate of drug-likeness (QED) is 0.169.